The molecule has 0 unspecified atom stereocenters. The Bertz CT molecular complexity index is 4590. The number of aromatic nitrogens is 5. The van der Waals surface area contributed by atoms with Crippen molar-refractivity contribution in [3.8, 4) is 79.1 Å². The smallest absolute Gasteiger partial charge is 0.164 e. The Labute approximate surface area is 417 Å². The monoisotopic (exact) mass is 931 g/mol. The summed E-state index contributed by atoms with van der Waals surface area (Å²) in [6.07, 6.45) is 0. The highest BCUT2D eigenvalue weighted by Gasteiger charge is 2.53. The lowest BCUT2D eigenvalue weighted by atomic mass is 9.69. The van der Waals surface area contributed by atoms with Crippen molar-refractivity contribution in [1.29, 1.82) is 0 Å². The van der Waals surface area contributed by atoms with Gasteiger partial charge in [0.25, 0.3) is 0 Å². The van der Waals surface area contributed by atoms with E-state index in [0.717, 1.165) is 88.3 Å². The van der Waals surface area contributed by atoms with Gasteiger partial charge < -0.3 is 8.83 Å². The predicted octanol–water partition coefficient (Wildman–Crippen LogP) is 16.3. The van der Waals surface area contributed by atoms with E-state index < -0.39 is 5.41 Å². The van der Waals surface area contributed by atoms with E-state index >= 15 is 0 Å². The molecular weight excluding hydrogens is 895 g/mol. The zero-order valence-electron chi connectivity index (χ0n) is 38.9. The highest BCUT2D eigenvalue weighted by molar-refractivity contribution is 6.16. The highest BCUT2D eigenvalue weighted by atomic mass is 16.3. The van der Waals surface area contributed by atoms with E-state index in [1.165, 1.54) is 44.5 Å². The number of nitrogens with zero attached hydrogens (tertiary/aromatic N) is 5. The topological polar surface area (TPSA) is 90.7 Å². The third kappa shape index (κ3) is 5.73. The summed E-state index contributed by atoms with van der Waals surface area (Å²) in [6.45, 7) is 0. The fourth-order valence-electron chi connectivity index (χ4n) is 12.0. The maximum absolute atomic E-state index is 6.89. The number of fused-ring (bicyclic) bond motifs is 18. The Morgan fingerprint density at radius 3 is 1.60 bits per heavy atom. The fraction of sp³-hybridized carbons (Fsp3) is 0.0152. The number of furan rings is 2. The molecular formula is C66H37N5O2. The Balaban J connectivity index is 0.914. The molecule has 7 heteroatoms. The van der Waals surface area contributed by atoms with Crippen LogP contribution in [0.4, 0.5) is 0 Å². The van der Waals surface area contributed by atoms with Crippen molar-refractivity contribution in [2.75, 3.05) is 0 Å². The lowest BCUT2D eigenvalue weighted by Gasteiger charge is -2.31. The van der Waals surface area contributed by atoms with Gasteiger partial charge in [-0.2, -0.15) is 0 Å². The molecule has 2 aliphatic rings. The average molecular weight is 932 g/mol. The molecule has 0 radical (unpaired) electrons. The van der Waals surface area contributed by atoms with Crippen LogP contribution in [-0.4, -0.2) is 24.9 Å². The molecule has 338 valence electrons. The van der Waals surface area contributed by atoms with Crippen molar-refractivity contribution in [2.45, 2.75) is 5.41 Å². The maximum Gasteiger partial charge on any atom is 0.164 e. The zero-order chi connectivity index (χ0) is 47.8. The molecule has 0 fully saturated rings. The van der Waals surface area contributed by atoms with E-state index in [4.69, 9.17) is 33.8 Å². The average Bonchev–Trinajstić information content (AvgIpc) is 4.20. The molecule has 0 bridgehead atoms. The van der Waals surface area contributed by atoms with Crippen molar-refractivity contribution >= 4 is 54.8 Å². The van der Waals surface area contributed by atoms with Gasteiger partial charge in [0.1, 0.15) is 22.3 Å². The minimum atomic E-state index is -0.667. The van der Waals surface area contributed by atoms with Gasteiger partial charge in [-0.05, 0) is 99.1 Å². The van der Waals surface area contributed by atoms with Crippen LogP contribution in [0.1, 0.15) is 22.3 Å². The first-order chi connectivity index (χ1) is 36.2. The molecule has 4 heterocycles. The lowest BCUT2D eigenvalue weighted by molar-refractivity contribution is 0.666. The Hall–Kier alpha value is -9.85. The molecule has 0 atom stereocenters. The Kier molecular flexibility index (Phi) is 8.25. The van der Waals surface area contributed by atoms with E-state index in [1.54, 1.807) is 0 Å². The van der Waals surface area contributed by atoms with Gasteiger partial charge in [-0.1, -0.05) is 170 Å². The largest absolute Gasteiger partial charge is 0.456 e. The van der Waals surface area contributed by atoms with E-state index in [1.807, 2.05) is 91.0 Å². The Morgan fingerprint density at radius 1 is 0.288 bits per heavy atom. The highest BCUT2D eigenvalue weighted by Crippen LogP contribution is 2.65. The summed E-state index contributed by atoms with van der Waals surface area (Å²) in [4.78, 5) is 26.0. The summed E-state index contributed by atoms with van der Waals surface area (Å²) < 4.78 is 13.6. The predicted molar refractivity (Wildman–Crippen MR) is 291 cm³/mol. The molecule has 10 aromatic carbocycles. The molecule has 7 nitrogen and oxygen atoms in total. The third-order valence-electron chi connectivity index (χ3n) is 15.1. The van der Waals surface area contributed by atoms with Crippen LogP contribution in [0, 0.1) is 0 Å². The molecule has 0 saturated carbocycles. The summed E-state index contributed by atoms with van der Waals surface area (Å²) in [7, 11) is 0. The first kappa shape index (κ1) is 39.9. The van der Waals surface area contributed by atoms with Gasteiger partial charge in [0.2, 0.25) is 0 Å². The second-order valence-electron chi connectivity index (χ2n) is 19.0. The standard InChI is InChI=1S/C66H37N5O2/c1-3-16-38(17-4-1)61-47-25-9-13-28-54(47)67-63(68-61)40-20-15-21-41(34-40)64-69-62(39-18-5-2-6-19-39)70-65(71-64)42-30-32-56-50(35-42)59-57(72-56)33-31-46-48-36-49-45-24-10-14-29-55(45)73-58(49)37-53(48)66(60(46)59)51-26-11-7-22-43(51)44-23-8-12-27-52(44)66/h1-37H. The molecule has 14 aromatic rings. The first-order valence-electron chi connectivity index (χ1n) is 24.6. The van der Waals surface area contributed by atoms with Crippen LogP contribution in [0.25, 0.3) is 134 Å². The number of rotatable bonds is 5. The van der Waals surface area contributed by atoms with Gasteiger partial charge in [-0.25, -0.2) is 24.9 Å². The minimum absolute atomic E-state index is 0.540. The van der Waals surface area contributed by atoms with Gasteiger partial charge in [0, 0.05) is 54.7 Å². The molecule has 4 aromatic heterocycles. The van der Waals surface area contributed by atoms with Gasteiger partial charge in [0.15, 0.2) is 23.3 Å². The van der Waals surface area contributed by atoms with Crippen molar-refractivity contribution in [3.05, 3.63) is 247 Å². The van der Waals surface area contributed by atoms with E-state index in [0.29, 0.717) is 23.3 Å². The zero-order valence-corrected chi connectivity index (χ0v) is 38.9. The maximum atomic E-state index is 6.89. The van der Waals surface area contributed by atoms with Crippen molar-refractivity contribution in [2.24, 2.45) is 0 Å². The SMILES string of the molecule is c1ccc(-c2nc(-c3cccc(-c4nc(-c5ccccc5)c5ccccc5n4)c3)nc(-c3ccc4oc5ccc6c(c5c4c3)C3(c4ccccc4-c4ccccc43)c3cc4oc5ccccc5c4cc3-6)n2)cc1. The third-order valence-corrected chi connectivity index (χ3v) is 15.1. The molecule has 0 aliphatic heterocycles. The fourth-order valence-corrected chi connectivity index (χ4v) is 12.0. The molecule has 2 aliphatic carbocycles. The van der Waals surface area contributed by atoms with Gasteiger partial charge in [0.05, 0.1) is 16.6 Å². The summed E-state index contributed by atoms with van der Waals surface area (Å²) in [5, 5.41) is 5.25. The van der Waals surface area contributed by atoms with Crippen molar-refractivity contribution in [3.63, 3.8) is 0 Å². The molecule has 0 saturated heterocycles. The lowest BCUT2D eigenvalue weighted by Crippen LogP contribution is -2.26. The molecule has 16 rings (SSSR count). The number of hydrogen-bond acceptors (Lipinski definition) is 7. The molecule has 73 heavy (non-hydrogen) atoms. The minimum Gasteiger partial charge on any atom is -0.456 e. The summed E-state index contributed by atoms with van der Waals surface area (Å²) >= 11 is 0. The second-order valence-corrected chi connectivity index (χ2v) is 19.0. The van der Waals surface area contributed by atoms with Crippen LogP contribution in [0.5, 0.6) is 0 Å². The van der Waals surface area contributed by atoms with Crippen LogP contribution in [0.15, 0.2) is 233 Å². The van der Waals surface area contributed by atoms with Crippen LogP contribution >= 0.6 is 0 Å². The summed E-state index contributed by atoms with van der Waals surface area (Å²) in [6, 6.07) is 78.3. The van der Waals surface area contributed by atoms with Gasteiger partial charge >= 0.3 is 0 Å². The Morgan fingerprint density at radius 2 is 0.849 bits per heavy atom. The number of benzene rings is 10. The van der Waals surface area contributed by atoms with E-state index in [9.17, 15) is 0 Å². The van der Waals surface area contributed by atoms with Crippen LogP contribution in [0.2, 0.25) is 0 Å². The quantitative estimate of drug-likeness (QED) is 0.170. The van der Waals surface area contributed by atoms with Crippen LogP contribution in [0.3, 0.4) is 0 Å². The molecule has 1 spiro atoms. The van der Waals surface area contributed by atoms with Gasteiger partial charge in [-0.3, -0.25) is 0 Å². The van der Waals surface area contributed by atoms with E-state index in [2.05, 4.69) is 133 Å². The van der Waals surface area contributed by atoms with Crippen LogP contribution in [-0.2, 0) is 5.41 Å². The number of hydrogen-bond donors (Lipinski definition) is 0. The number of para-hydroxylation sites is 2. The summed E-state index contributed by atoms with van der Waals surface area (Å²) in [5.74, 6) is 2.28. The van der Waals surface area contributed by atoms with E-state index in [-0.39, 0.29) is 0 Å². The second kappa shape index (κ2) is 15.1. The van der Waals surface area contributed by atoms with Crippen LogP contribution < -0.4 is 0 Å². The first-order valence-corrected chi connectivity index (χ1v) is 24.6. The van der Waals surface area contributed by atoms with Crippen molar-refractivity contribution < 1.29 is 8.83 Å². The normalized spacial score (nSPS) is 13.0. The summed E-state index contributed by atoms with van der Waals surface area (Å²) in [5.41, 5.74) is 18.6. The van der Waals surface area contributed by atoms with Crippen molar-refractivity contribution in [1.82, 2.24) is 24.9 Å². The molecule has 0 amide bonds. The van der Waals surface area contributed by atoms with Gasteiger partial charge in [-0.15, -0.1) is 0 Å². The molecule has 0 N–H and O–H groups in total.